The third kappa shape index (κ3) is 7.00. The fourth-order valence-electron chi connectivity index (χ4n) is 1.87. The first-order valence-corrected chi connectivity index (χ1v) is 6.48. The van der Waals surface area contributed by atoms with Crippen molar-refractivity contribution in [3.8, 4) is 0 Å². The number of guanidine groups is 1. The van der Waals surface area contributed by atoms with Crippen LogP contribution in [0.3, 0.4) is 0 Å². The molecule has 3 N–H and O–H groups in total. The molecule has 0 saturated heterocycles. The maximum absolute atomic E-state index is 5.75. The summed E-state index contributed by atoms with van der Waals surface area (Å²) in [6.45, 7) is 7.93. The second kappa shape index (κ2) is 8.12. The number of hydrogen-bond acceptors (Lipinski definition) is 2. The number of nitrogens with one attached hydrogen (secondary N) is 1. The highest BCUT2D eigenvalue weighted by molar-refractivity contribution is 5.77. The zero-order valence-electron chi connectivity index (χ0n) is 10.9. The van der Waals surface area contributed by atoms with Crippen LogP contribution in [0, 0.1) is 0 Å². The van der Waals surface area contributed by atoms with Crippen molar-refractivity contribution < 1.29 is 4.74 Å². The zero-order chi connectivity index (χ0) is 12.5. The maximum atomic E-state index is 5.75. The van der Waals surface area contributed by atoms with Gasteiger partial charge in [0.2, 0.25) is 0 Å². The minimum Gasteiger partial charge on any atom is -0.378 e. The molecule has 0 radical (unpaired) electrons. The molecule has 1 fully saturated rings. The molecular formula is C13H25N3O. The standard InChI is InChI=1S/C13H25N3O/c1-11(2)10-16-13(14)15-8-5-9-17-12-6-3-4-7-12/h12H,1,3-10H2,2H3,(H3,14,15,16). The van der Waals surface area contributed by atoms with Gasteiger partial charge >= 0.3 is 0 Å². The summed E-state index contributed by atoms with van der Waals surface area (Å²) < 4.78 is 5.75. The van der Waals surface area contributed by atoms with Gasteiger partial charge < -0.3 is 15.8 Å². The van der Waals surface area contributed by atoms with Crippen molar-refractivity contribution in [1.29, 1.82) is 0 Å². The second-order valence-electron chi connectivity index (χ2n) is 4.72. The van der Waals surface area contributed by atoms with Gasteiger partial charge in [0, 0.05) is 13.2 Å². The van der Waals surface area contributed by atoms with Crippen LogP contribution in [0.1, 0.15) is 39.0 Å². The number of ether oxygens (including phenoxy) is 1. The predicted molar refractivity (Wildman–Crippen MR) is 72.1 cm³/mol. The minimum atomic E-state index is 0.494. The molecule has 1 saturated carbocycles. The summed E-state index contributed by atoms with van der Waals surface area (Å²) in [4.78, 5) is 4.14. The molecule has 0 amide bonds. The van der Waals surface area contributed by atoms with E-state index in [0.29, 0.717) is 18.6 Å². The lowest BCUT2D eigenvalue weighted by Gasteiger charge is -2.11. The van der Waals surface area contributed by atoms with Gasteiger partial charge in [0.25, 0.3) is 0 Å². The van der Waals surface area contributed by atoms with Crippen molar-refractivity contribution in [2.45, 2.75) is 45.1 Å². The van der Waals surface area contributed by atoms with Crippen LogP contribution in [-0.2, 0) is 4.74 Å². The minimum absolute atomic E-state index is 0.494. The summed E-state index contributed by atoms with van der Waals surface area (Å²) in [6, 6.07) is 0. The summed E-state index contributed by atoms with van der Waals surface area (Å²) in [7, 11) is 0. The summed E-state index contributed by atoms with van der Waals surface area (Å²) in [5.41, 5.74) is 6.70. The van der Waals surface area contributed by atoms with Crippen LogP contribution in [0.25, 0.3) is 0 Å². The number of hydrogen-bond donors (Lipinski definition) is 2. The van der Waals surface area contributed by atoms with Gasteiger partial charge in [-0.05, 0) is 26.2 Å². The summed E-state index contributed by atoms with van der Waals surface area (Å²) in [5.74, 6) is 0.494. The quantitative estimate of drug-likeness (QED) is 0.308. The Hall–Kier alpha value is -1.03. The molecule has 1 aliphatic rings. The fourth-order valence-corrected chi connectivity index (χ4v) is 1.87. The van der Waals surface area contributed by atoms with Crippen LogP contribution in [-0.4, -0.2) is 31.8 Å². The summed E-state index contributed by atoms with van der Waals surface area (Å²) in [5, 5.41) is 3.07. The fraction of sp³-hybridized carbons (Fsp3) is 0.769. The SMILES string of the molecule is C=C(C)CN=C(N)NCCCOC1CCCC1. The Morgan fingerprint density at radius 3 is 2.82 bits per heavy atom. The monoisotopic (exact) mass is 239 g/mol. The molecule has 0 aliphatic heterocycles. The molecule has 0 aromatic rings. The van der Waals surface area contributed by atoms with Crippen LogP contribution in [0.15, 0.2) is 17.1 Å². The number of aliphatic imine (C=N–C) groups is 1. The largest absolute Gasteiger partial charge is 0.378 e. The zero-order valence-corrected chi connectivity index (χ0v) is 10.9. The van der Waals surface area contributed by atoms with E-state index >= 15 is 0 Å². The molecule has 0 spiro atoms. The van der Waals surface area contributed by atoms with Crippen molar-refractivity contribution in [3.05, 3.63) is 12.2 Å². The molecular weight excluding hydrogens is 214 g/mol. The lowest BCUT2D eigenvalue weighted by molar-refractivity contribution is 0.0574. The molecule has 17 heavy (non-hydrogen) atoms. The van der Waals surface area contributed by atoms with E-state index in [9.17, 15) is 0 Å². The van der Waals surface area contributed by atoms with Crippen molar-refractivity contribution >= 4 is 5.96 Å². The van der Waals surface area contributed by atoms with E-state index in [2.05, 4.69) is 16.9 Å². The molecule has 98 valence electrons. The van der Waals surface area contributed by atoms with Gasteiger partial charge in [-0.25, -0.2) is 4.99 Å². The molecule has 1 aliphatic carbocycles. The van der Waals surface area contributed by atoms with Gasteiger partial charge in [-0.3, -0.25) is 0 Å². The van der Waals surface area contributed by atoms with Gasteiger partial charge in [0.15, 0.2) is 5.96 Å². The predicted octanol–water partition coefficient (Wildman–Crippen LogP) is 1.82. The first-order valence-electron chi connectivity index (χ1n) is 6.48. The molecule has 1 rings (SSSR count). The van der Waals surface area contributed by atoms with Crippen LogP contribution >= 0.6 is 0 Å². The average Bonchev–Trinajstić information content (AvgIpc) is 2.79. The molecule has 0 aromatic heterocycles. The molecule has 0 heterocycles. The van der Waals surface area contributed by atoms with E-state index < -0.39 is 0 Å². The highest BCUT2D eigenvalue weighted by Crippen LogP contribution is 2.20. The van der Waals surface area contributed by atoms with Crippen molar-refractivity contribution in [2.24, 2.45) is 10.7 Å². The van der Waals surface area contributed by atoms with E-state index in [-0.39, 0.29) is 0 Å². The lowest BCUT2D eigenvalue weighted by Crippen LogP contribution is -2.33. The van der Waals surface area contributed by atoms with Gasteiger partial charge in [-0.1, -0.05) is 25.0 Å². The number of rotatable bonds is 7. The van der Waals surface area contributed by atoms with Crippen LogP contribution in [0.4, 0.5) is 0 Å². The molecule has 4 nitrogen and oxygen atoms in total. The van der Waals surface area contributed by atoms with Crippen LogP contribution < -0.4 is 11.1 Å². The van der Waals surface area contributed by atoms with Gasteiger partial charge in [-0.2, -0.15) is 0 Å². The maximum Gasteiger partial charge on any atom is 0.188 e. The molecule has 0 atom stereocenters. The normalized spacial score (nSPS) is 17.4. The highest BCUT2D eigenvalue weighted by atomic mass is 16.5. The molecule has 0 unspecified atom stereocenters. The molecule has 0 bridgehead atoms. The van der Waals surface area contributed by atoms with Gasteiger partial charge in [0.05, 0.1) is 12.6 Å². The van der Waals surface area contributed by atoms with E-state index in [1.165, 1.54) is 25.7 Å². The summed E-state index contributed by atoms with van der Waals surface area (Å²) >= 11 is 0. The molecule has 4 heteroatoms. The van der Waals surface area contributed by atoms with E-state index in [1.807, 2.05) is 6.92 Å². The Kier molecular flexibility index (Phi) is 6.70. The Morgan fingerprint density at radius 1 is 1.47 bits per heavy atom. The van der Waals surface area contributed by atoms with E-state index in [1.54, 1.807) is 0 Å². The van der Waals surface area contributed by atoms with Crippen molar-refractivity contribution in [2.75, 3.05) is 19.7 Å². The van der Waals surface area contributed by atoms with Gasteiger partial charge in [0.1, 0.15) is 0 Å². The van der Waals surface area contributed by atoms with Crippen LogP contribution in [0.2, 0.25) is 0 Å². The molecule has 0 aromatic carbocycles. The smallest absolute Gasteiger partial charge is 0.188 e. The van der Waals surface area contributed by atoms with Crippen molar-refractivity contribution in [3.63, 3.8) is 0 Å². The Balaban J connectivity index is 1.95. The van der Waals surface area contributed by atoms with Gasteiger partial charge in [-0.15, -0.1) is 0 Å². The number of nitrogens with two attached hydrogens (primary N) is 1. The van der Waals surface area contributed by atoms with Crippen LogP contribution in [0.5, 0.6) is 0 Å². The van der Waals surface area contributed by atoms with E-state index in [4.69, 9.17) is 10.5 Å². The number of nitrogens with zero attached hydrogens (tertiary/aromatic N) is 1. The highest BCUT2D eigenvalue weighted by Gasteiger charge is 2.14. The Bertz CT molecular complexity index is 257. The lowest BCUT2D eigenvalue weighted by atomic mass is 10.3. The average molecular weight is 239 g/mol. The summed E-state index contributed by atoms with van der Waals surface area (Å²) in [6.07, 6.45) is 6.59. The van der Waals surface area contributed by atoms with E-state index in [0.717, 1.165) is 25.1 Å². The topological polar surface area (TPSA) is 59.6 Å². The second-order valence-corrected chi connectivity index (χ2v) is 4.72. The first kappa shape index (κ1) is 14.0. The Labute approximate surface area is 104 Å². The van der Waals surface area contributed by atoms with Crippen molar-refractivity contribution in [1.82, 2.24) is 5.32 Å². The first-order chi connectivity index (χ1) is 8.18. The third-order valence-electron chi connectivity index (χ3n) is 2.80. The Morgan fingerprint density at radius 2 is 2.18 bits per heavy atom. The third-order valence-corrected chi connectivity index (χ3v) is 2.80.